The van der Waals surface area contributed by atoms with Crippen LogP contribution in [0.5, 0.6) is 0 Å². The van der Waals surface area contributed by atoms with E-state index in [9.17, 15) is 4.79 Å². The van der Waals surface area contributed by atoms with E-state index in [1.54, 1.807) is 12.1 Å². The molecule has 0 fully saturated rings. The molecule has 0 spiro atoms. The highest BCUT2D eigenvalue weighted by Crippen LogP contribution is 2.08. The Bertz CT molecular complexity index is 317. The fourth-order valence-electron chi connectivity index (χ4n) is 0.784. The summed E-state index contributed by atoms with van der Waals surface area (Å²) in [5.41, 5.74) is 0. The van der Waals surface area contributed by atoms with E-state index in [4.69, 9.17) is 10.8 Å². The van der Waals surface area contributed by atoms with E-state index in [1.165, 1.54) is 7.11 Å². The van der Waals surface area contributed by atoms with Crippen molar-refractivity contribution in [1.82, 2.24) is 0 Å². The van der Waals surface area contributed by atoms with Crippen molar-refractivity contribution in [3.05, 3.63) is 23.7 Å². The van der Waals surface area contributed by atoms with Gasteiger partial charge in [-0.15, -0.1) is 6.42 Å². The van der Waals surface area contributed by atoms with Gasteiger partial charge < -0.3 is 9.15 Å². The zero-order valence-corrected chi connectivity index (χ0v) is 6.66. The first-order valence-corrected chi connectivity index (χ1v) is 3.38. The van der Waals surface area contributed by atoms with Crippen molar-refractivity contribution >= 4 is 5.97 Å². The highest BCUT2D eigenvalue weighted by atomic mass is 16.5. The summed E-state index contributed by atoms with van der Waals surface area (Å²) in [5, 5.41) is 0. The molecule has 3 heteroatoms. The lowest BCUT2D eigenvalue weighted by molar-refractivity contribution is 0.0563. The van der Waals surface area contributed by atoms with Gasteiger partial charge in [0.15, 0.2) is 0 Å². The molecule has 0 aromatic carbocycles. The van der Waals surface area contributed by atoms with Crippen molar-refractivity contribution in [3.8, 4) is 12.3 Å². The average Bonchev–Trinajstić information content (AvgIpc) is 2.52. The number of hydrogen-bond acceptors (Lipinski definition) is 3. The first kappa shape index (κ1) is 8.41. The van der Waals surface area contributed by atoms with Gasteiger partial charge in [-0.2, -0.15) is 0 Å². The maximum atomic E-state index is 10.9. The number of rotatable bonds is 2. The molecular formula is C9H8O3. The van der Waals surface area contributed by atoms with E-state index >= 15 is 0 Å². The molecule has 0 aliphatic carbocycles. The van der Waals surface area contributed by atoms with Crippen LogP contribution in [0.3, 0.4) is 0 Å². The standard InChI is InChI=1S/C9H8O3/c1-3-4-7-5-6-8(12-7)9(10)11-2/h1,5-6H,4H2,2H3. The normalized spacial score (nSPS) is 9.00. The van der Waals surface area contributed by atoms with E-state index in [0.29, 0.717) is 12.2 Å². The van der Waals surface area contributed by atoms with Crippen molar-refractivity contribution < 1.29 is 13.9 Å². The minimum absolute atomic E-state index is 0.183. The molecule has 0 bridgehead atoms. The second kappa shape index (κ2) is 3.63. The van der Waals surface area contributed by atoms with Gasteiger partial charge in [0, 0.05) is 0 Å². The second-order valence-electron chi connectivity index (χ2n) is 2.14. The van der Waals surface area contributed by atoms with Gasteiger partial charge >= 0.3 is 5.97 Å². The Morgan fingerprint density at radius 2 is 2.50 bits per heavy atom. The van der Waals surface area contributed by atoms with Gasteiger partial charge in [0.2, 0.25) is 5.76 Å². The van der Waals surface area contributed by atoms with Crippen LogP contribution in [0.4, 0.5) is 0 Å². The van der Waals surface area contributed by atoms with Crippen molar-refractivity contribution in [1.29, 1.82) is 0 Å². The molecule has 0 amide bonds. The zero-order valence-electron chi connectivity index (χ0n) is 6.66. The molecule has 1 aromatic rings. The predicted octanol–water partition coefficient (Wildman–Crippen LogP) is 1.24. The number of hydrogen-bond donors (Lipinski definition) is 0. The Balaban J connectivity index is 2.78. The largest absolute Gasteiger partial charge is 0.463 e. The minimum atomic E-state index is -0.488. The molecule has 1 aromatic heterocycles. The molecule has 1 heterocycles. The summed E-state index contributed by atoms with van der Waals surface area (Å²) in [6, 6.07) is 3.20. The third kappa shape index (κ3) is 1.67. The Hall–Kier alpha value is -1.69. The maximum Gasteiger partial charge on any atom is 0.373 e. The number of esters is 1. The van der Waals surface area contributed by atoms with Gasteiger partial charge in [-0.25, -0.2) is 4.79 Å². The highest BCUT2D eigenvalue weighted by molar-refractivity contribution is 5.86. The van der Waals surface area contributed by atoms with E-state index in [-0.39, 0.29) is 5.76 Å². The first-order valence-electron chi connectivity index (χ1n) is 3.38. The zero-order chi connectivity index (χ0) is 8.97. The van der Waals surface area contributed by atoms with Gasteiger partial charge in [0.1, 0.15) is 5.76 Å². The molecule has 0 unspecified atom stereocenters. The minimum Gasteiger partial charge on any atom is -0.463 e. The van der Waals surface area contributed by atoms with E-state index in [2.05, 4.69) is 10.7 Å². The van der Waals surface area contributed by atoms with Gasteiger partial charge in [0.25, 0.3) is 0 Å². The third-order valence-electron chi connectivity index (χ3n) is 1.32. The summed E-state index contributed by atoms with van der Waals surface area (Å²) in [7, 11) is 1.30. The topological polar surface area (TPSA) is 39.4 Å². The molecule has 1 rings (SSSR count). The smallest absolute Gasteiger partial charge is 0.373 e. The maximum absolute atomic E-state index is 10.9. The fourth-order valence-corrected chi connectivity index (χ4v) is 0.784. The Kier molecular flexibility index (Phi) is 2.54. The van der Waals surface area contributed by atoms with Crippen molar-refractivity contribution in [2.75, 3.05) is 7.11 Å². The Morgan fingerprint density at radius 3 is 3.08 bits per heavy atom. The third-order valence-corrected chi connectivity index (χ3v) is 1.32. The summed E-state index contributed by atoms with van der Waals surface area (Å²) in [6.07, 6.45) is 5.44. The molecule has 3 nitrogen and oxygen atoms in total. The lowest BCUT2D eigenvalue weighted by atomic mass is 10.3. The summed E-state index contributed by atoms with van der Waals surface area (Å²) >= 11 is 0. The van der Waals surface area contributed by atoms with Crippen LogP contribution in [0.25, 0.3) is 0 Å². The molecule has 0 saturated carbocycles. The van der Waals surface area contributed by atoms with Crippen LogP contribution in [-0.4, -0.2) is 13.1 Å². The Morgan fingerprint density at radius 1 is 1.75 bits per heavy atom. The van der Waals surface area contributed by atoms with Crippen molar-refractivity contribution in [2.24, 2.45) is 0 Å². The predicted molar refractivity (Wildman–Crippen MR) is 42.6 cm³/mol. The highest BCUT2D eigenvalue weighted by Gasteiger charge is 2.09. The van der Waals surface area contributed by atoms with Crippen LogP contribution in [-0.2, 0) is 11.2 Å². The average molecular weight is 164 g/mol. The fraction of sp³-hybridized carbons (Fsp3) is 0.222. The van der Waals surface area contributed by atoms with Crippen LogP contribution in [0.15, 0.2) is 16.5 Å². The lowest BCUT2D eigenvalue weighted by Gasteiger charge is -1.91. The molecule has 0 radical (unpaired) electrons. The quantitative estimate of drug-likeness (QED) is 0.487. The molecule has 12 heavy (non-hydrogen) atoms. The van der Waals surface area contributed by atoms with E-state index in [0.717, 1.165) is 0 Å². The number of furan rings is 1. The first-order chi connectivity index (χ1) is 5.77. The van der Waals surface area contributed by atoms with Crippen LogP contribution >= 0.6 is 0 Å². The molecule has 62 valence electrons. The number of carbonyl (C=O) groups is 1. The number of carbonyl (C=O) groups excluding carboxylic acids is 1. The molecule has 0 N–H and O–H groups in total. The lowest BCUT2D eigenvalue weighted by Crippen LogP contribution is -1.98. The van der Waals surface area contributed by atoms with Crippen molar-refractivity contribution in [3.63, 3.8) is 0 Å². The number of ether oxygens (including phenoxy) is 1. The summed E-state index contributed by atoms with van der Waals surface area (Å²) in [6.45, 7) is 0. The van der Waals surface area contributed by atoms with Crippen LogP contribution in [0.1, 0.15) is 16.3 Å². The number of terminal acetylenes is 1. The van der Waals surface area contributed by atoms with Crippen LogP contribution < -0.4 is 0 Å². The summed E-state index contributed by atoms with van der Waals surface area (Å²) in [4.78, 5) is 10.9. The monoisotopic (exact) mass is 164 g/mol. The molecule has 0 saturated heterocycles. The summed E-state index contributed by atoms with van der Waals surface area (Å²) in [5.74, 6) is 2.70. The summed E-state index contributed by atoms with van der Waals surface area (Å²) < 4.78 is 9.50. The molecule has 0 aliphatic rings. The van der Waals surface area contributed by atoms with Gasteiger partial charge in [-0.05, 0) is 12.1 Å². The molecule has 0 aliphatic heterocycles. The van der Waals surface area contributed by atoms with Crippen LogP contribution in [0.2, 0.25) is 0 Å². The SMILES string of the molecule is C#CCc1ccc(C(=O)OC)o1. The van der Waals surface area contributed by atoms with Crippen LogP contribution in [0, 0.1) is 12.3 Å². The number of methoxy groups -OCH3 is 1. The van der Waals surface area contributed by atoms with E-state index < -0.39 is 5.97 Å². The van der Waals surface area contributed by atoms with Gasteiger partial charge in [-0.3, -0.25) is 0 Å². The molecule has 0 atom stereocenters. The van der Waals surface area contributed by atoms with E-state index in [1.807, 2.05) is 0 Å². The molecular weight excluding hydrogens is 156 g/mol. The Labute approximate surface area is 70.3 Å². The van der Waals surface area contributed by atoms with Gasteiger partial charge in [0.05, 0.1) is 13.5 Å². The van der Waals surface area contributed by atoms with Gasteiger partial charge in [-0.1, -0.05) is 5.92 Å². The van der Waals surface area contributed by atoms with Crippen molar-refractivity contribution in [2.45, 2.75) is 6.42 Å². The second-order valence-corrected chi connectivity index (χ2v) is 2.14.